The number of nitrogens with zero attached hydrogens (tertiary/aromatic N) is 2. The van der Waals surface area contributed by atoms with Crippen LogP contribution in [0.25, 0.3) is 0 Å². The van der Waals surface area contributed by atoms with Gasteiger partial charge in [-0.05, 0) is 17.3 Å². The molecule has 0 radical (unpaired) electrons. The van der Waals surface area contributed by atoms with Crippen LogP contribution in [0.1, 0.15) is 10.5 Å². The summed E-state index contributed by atoms with van der Waals surface area (Å²) in [4.78, 5) is 11.4. The van der Waals surface area contributed by atoms with Gasteiger partial charge in [0.2, 0.25) is 0 Å². The molecule has 0 fully saturated rings. The third-order valence-corrected chi connectivity index (χ3v) is 1.75. The van der Waals surface area contributed by atoms with E-state index in [2.05, 4.69) is 20.3 Å². The largest absolute Gasteiger partial charge is 0.506 e. The maximum absolute atomic E-state index is 11.4. The van der Waals surface area contributed by atoms with Crippen molar-refractivity contribution in [3.8, 4) is 5.75 Å². The summed E-state index contributed by atoms with van der Waals surface area (Å²) in [6, 6.07) is 6.39. The number of anilines is 1. The molecule has 0 atom stereocenters. The number of carbonyl (C=O) groups is 1. The number of phenolic OH excluding ortho intramolecular Hbond substituents is 1. The maximum Gasteiger partial charge on any atom is 0.279 e. The summed E-state index contributed by atoms with van der Waals surface area (Å²) < 4.78 is 4.28. The van der Waals surface area contributed by atoms with Crippen molar-refractivity contribution in [1.29, 1.82) is 0 Å². The Balaban J connectivity index is 2.17. The van der Waals surface area contributed by atoms with Crippen LogP contribution >= 0.6 is 0 Å². The van der Waals surface area contributed by atoms with Gasteiger partial charge in [0.1, 0.15) is 11.9 Å². The minimum Gasteiger partial charge on any atom is -0.506 e. The van der Waals surface area contributed by atoms with E-state index in [1.165, 1.54) is 12.3 Å². The van der Waals surface area contributed by atoms with Crippen LogP contribution in [0.15, 0.2) is 35.1 Å². The van der Waals surface area contributed by atoms with Gasteiger partial charge in [-0.1, -0.05) is 17.3 Å². The quantitative estimate of drug-likeness (QED) is 0.715. The second-order valence-electron chi connectivity index (χ2n) is 2.76. The first-order valence-corrected chi connectivity index (χ1v) is 4.14. The van der Waals surface area contributed by atoms with E-state index in [0.29, 0.717) is 5.69 Å². The van der Waals surface area contributed by atoms with Crippen molar-refractivity contribution in [1.82, 2.24) is 10.3 Å². The van der Waals surface area contributed by atoms with Gasteiger partial charge in [0.15, 0.2) is 5.69 Å². The van der Waals surface area contributed by atoms with E-state index >= 15 is 0 Å². The average Bonchev–Trinajstić information content (AvgIpc) is 2.74. The third kappa shape index (κ3) is 1.93. The molecule has 1 aromatic heterocycles. The lowest BCUT2D eigenvalue weighted by Gasteiger charge is -2.03. The number of phenols is 1. The molecule has 1 heterocycles. The molecular weight excluding hydrogens is 198 g/mol. The van der Waals surface area contributed by atoms with Crippen molar-refractivity contribution in [3.05, 3.63) is 36.2 Å². The van der Waals surface area contributed by atoms with Crippen LogP contribution in [-0.2, 0) is 0 Å². The molecule has 1 aromatic carbocycles. The van der Waals surface area contributed by atoms with Crippen molar-refractivity contribution >= 4 is 11.6 Å². The second kappa shape index (κ2) is 3.79. The summed E-state index contributed by atoms with van der Waals surface area (Å²) in [7, 11) is 0. The van der Waals surface area contributed by atoms with E-state index in [4.69, 9.17) is 0 Å². The molecule has 2 N–H and O–H groups in total. The van der Waals surface area contributed by atoms with Crippen LogP contribution in [0.4, 0.5) is 5.69 Å². The molecule has 0 spiro atoms. The lowest BCUT2D eigenvalue weighted by atomic mass is 10.3. The minimum absolute atomic E-state index is 0.0118. The zero-order chi connectivity index (χ0) is 10.7. The van der Waals surface area contributed by atoms with Gasteiger partial charge >= 0.3 is 0 Å². The summed E-state index contributed by atoms with van der Waals surface area (Å²) in [5.41, 5.74) is 0.365. The Morgan fingerprint density at radius 2 is 2.20 bits per heavy atom. The predicted octanol–water partition coefficient (Wildman–Crippen LogP) is 1.03. The van der Waals surface area contributed by atoms with Crippen LogP contribution in [0.2, 0.25) is 0 Å². The van der Waals surface area contributed by atoms with Gasteiger partial charge in [-0.25, -0.2) is 4.63 Å². The molecule has 2 rings (SSSR count). The Morgan fingerprint density at radius 3 is 2.87 bits per heavy atom. The molecule has 0 saturated heterocycles. The fraction of sp³-hybridized carbons (Fsp3) is 0. The highest BCUT2D eigenvalue weighted by Gasteiger charge is 2.11. The number of carbonyl (C=O) groups excluding carboxylic acids is 1. The Hall–Kier alpha value is -2.37. The SMILES string of the molecule is O=C(Nc1ccccc1O)c1cnon1. The van der Waals surface area contributed by atoms with Crippen molar-refractivity contribution in [3.63, 3.8) is 0 Å². The van der Waals surface area contributed by atoms with Crippen LogP contribution in [0, 0.1) is 0 Å². The smallest absolute Gasteiger partial charge is 0.279 e. The first-order chi connectivity index (χ1) is 7.27. The fourth-order valence-electron chi connectivity index (χ4n) is 1.03. The van der Waals surface area contributed by atoms with E-state index < -0.39 is 5.91 Å². The molecule has 0 unspecified atom stereocenters. The molecule has 76 valence electrons. The molecule has 1 amide bonds. The number of hydrogen-bond donors (Lipinski definition) is 2. The highest BCUT2D eigenvalue weighted by molar-refractivity contribution is 6.03. The van der Waals surface area contributed by atoms with E-state index in [0.717, 1.165) is 0 Å². The second-order valence-corrected chi connectivity index (χ2v) is 2.76. The number of aromatic hydroxyl groups is 1. The molecule has 0 saturated carbocycles. The number of para-hydroxylation sites is 2. The van der Waals surface area contributed by atoms with Crippen LogP contribution in [-0.4, -0.2) is 21.3 Å². The molecule has 0 bridgehead atoms. The number of benzene rings is 1. The summed E-state index contributed by atoms with van der Waals surface area (Å²) in [6.45, 7) is 0. The van der Waals surface area contributed by atoms with E-state index in [1.807, 2.05) is 0 Å². The zero-order valence-electron chi connectivity index (χ0n) is 7.54. The monoisotopic (exact) mass is 205 g/mol. The standard InChI is InChI=1S/C9H7N3O3/c13-8-4-2-1-3-6(8)11-9(14)7-5-10-15-12-7/h1-5,13H,(H,11,14). The number of hydrogen-bond acceptors (Lipinski definition) is 5. The molecule has 6 nitrogen and oxygen atoms in total. The van der Waals surface area contributed by atoms with E-state index in [1.54, 1.807) is 18.2 Å². The number of rotatable bonds is 2. The highest BCUT2D eigenvalue weighted by atomic mass is 16.6. The fourth-order valence-corrected chi connectivity index (χ4v) is 1.03. The molecule has 0 aliphatic heterocycles. The van der Waals surface area contributed by atoms with E-state index in [-0.39, 0.29) is 11.4 Å². The lowest BCUT2D eigenvalue weighted by Crippen LogP contribution is -2.12. The Kier molecular flexibility index (Phi) is 2.32. The minimum atomic E-state index is -0.488. The van der Waals surface area contributed by atoms with Crippen LogP contribution < -0.4 is 5.32 Å². The topological polar surface area (TPSA) is 88.2 Å². The van der Waals surface area contributed by atoms with Gasteiger partial charge in [0.05, 0.1) is 5.69 Å². The van der Waals surface area contributed by atoms with Gasteiger partial charge in [-0.3, -0.25) is 4.79 Å². The normalized spacial score (nSPS) is 9.87. The van der Waals surface area contributed by atoms with Crippen LogP contribution in [0.5, 0.6) is 5.75 Å². The maximum atomic E-state index is 11.4. The molecule has 2 aromatic rings. The highest BCUT2D eigenvalue weighted by Crippen LogP contribution is 2.21. The van der Waals surface area contributed by atoms with Crippen molar-refractivity contribution in [2.24, 2.45) is 0 Å². The lowest BCUT2D eigenvalue weighted by molar-refractivity contribution is 0.101. The van der Waals surface area contributed by atoms with Gasteiger partial charge in [0, 0.05) is 0 Å². The van der Waals surface area contributed by atoms with Gasteiger partial charge in [0.25, 0.3) is 5.91 Å². The Labute approximate surface area is 84.5 Å². The van der Waals surface area contributed by atoms with Gasteiger partial charge < -0.3 is 10.4 Å². The summed E-state index contributed by atoms with van der Waals surface area (Å²) >= 11 is 0. The molecule has 15 heavy (non-hydrogen) atoms. The number of amides is 1. The predicted molar refractivity (Wildman–Crippen MR) is 50.4 cm³/mol. The Bertz CT molecular complexity index is 467. The first kappa shape index (κ1) is 9.20. The van der Waals surface area contributed by atoms with Gasteiger partial charge in [-0.15, -0.1) is 0 Å². The van der Waals surface area contributed by atoms with Crippen molar-refractivity contribution < 1.29 is 14.5 Å². The summed E-state index contributed by atoms with van der Waals surface area (Å²) in [5.74, 6) is -0.500. The first-order valence-electron chi connectivity index (χ1n) is 4.14. The Morgan fingerprint density at radius 1 is 1.40 bits per heavy atom. The number of aromatic nitrogens is 2. The third-order valence-electron chi connectivity index (χ3n) is 1.75. The molecule has 0 aliphatic carbocycles. The van der Waals surface area contributed by atoms with Gasteiger partial charge in [-0.2, -0.15) is 0 Å². The van der Waals surface area contributed by atoms with Crippen molar-refractivity contribution in [2.45, 2.75) is 0 Å². The summed E-state index contributed by atoms with van der Waals surface area (Å²) in [5, 5.41) is 18.5. The van der Waals surface area contributed by atoms with Crippen LogP contribution in [0.3, 0.4) is 0 Å². The molecular formula is C9H7N3O3. The van der Waals surface area contributed by atoms with Crippen molar-refractivity contribution in [2.75, 3.05) is 5.32 Å². The average molecular weight is 205 g/mol. The zero-order valence-corrected chi connectivity index (χ0v) is 7.54. The molecule has 0 aliphatic rings. The summed E-state index contributed by atoms with van der Waals surface area (Å²) in [6.07, 6.45) is 1.19. The number of nitrogens with one attached hydrogen (secondary N) is 1. The molecule has 6 heteroatoms. The van der Waals surface area contributed by atoms with E-state index in [9.17, 15) is 9.90 Å².